The van der Waals surface area contributed by atoms with Crippen molar-refractivity contribution in [1.29, 1.82) is 0 Å². The summed E-state index contributed by atoms with van der Waals surface area (Å²) < 4.78 is 10.3. The summed E-state index contributed by atoms with van der Waals surface area (Å²) in [5.74, 6) is -2.61. The highest BCUT2D eigenvalue weighted by molar-refractivity contribution is 6.07. The quantitative estimate of drug-likeness (QED) is 0.619. The van der Waals surface area contributed by atoms with Gasteiger partial charge in [-0.3, -0.25) is 15.1 Å². The SMILES string of the molecule is Cc1nc(C)c(C(=O)O)c(-c2cc3c(cc2[N+](=O)[O-])OCO3)c1C(=O)O. The van der Waals surface area contributed by atoms with Gasteiger partial charge in [-0.05, 0) is 19.9 Å². The number of nitro groups is 1. The van der Waals surface area contributed by atoms with Crippen molar-refractivity contribution in [2.24, 2.45) is 0 Å². The number of aromatic carboxylic acids is 2. The number of benzene rings is 1. The van der Waals surface area contributed by atoms with Crippen molar-refractivity contribution in [3.05, 3.63) is 44.8 Å². The number of nitro benzene ring substituents is 1. The molecule has 0 radical (unpaired) electrons. The number of nitrogens with zero attached hydrogens (tertiary/aromatic N) is 2. The predicted octanol–water partition coefficient (Wildman–Crippen LogP) is 2.40. The maximum absolute atomic E-state index is 11.8. The van der Waals surface area contributed by atoms with Crippen molar-refractivity contribution in [1.82, 2.24) is 4.98 Å². The van der Waals surface area contributed by atoms with Crippen LogP contribution in [0.1, 0.15) is 32.1 Å². The first-order chi connectivity index (χ1) is 12.2. The van der Waals surface area contributed by atoms with Crippen LogP contribution in [-0.2, 0) is 0 Å². The number of hydrogen-bond donors (Lipinski definition) is 2. The van der Waals surface area contributed by atoms with Crippen LogP contribution in [0.25, 0.3) is 11.1 Å². The minimum absolute atomic E-state index is 0.0435. The Morgan fingerprint density at radius 2 is 1.58 bits per heavy atom. The van der Waals surface area contributed by atoms with E-state index in [9.17, 15) is 29.9 Å². The lowest BCUT2D eigenvalue weighted by Crippen LogP contribution is -2.14. The average molecular weight is 360 g/mol. The van der Waals surface area contributed by atoms with Crippen molar-refractivity contribution >= 4 is 17.6 Å². The summed E-state index contributed by atoms with van der Waals surface area (Å²) in [5.41, 5.74) is -1.74. The van der Waals surface area contributed by atoms with Crippen LogP contribution in [0.5, 0.6) is 11.5 Å². The number of pyridine rings is 1. The Kier molecular flexibility index (Phi) is 3.95. The molecule has 10 nitrogen and oxygen atoms in total. The topological polar surface area (TPSA) is 149 Å². The van der Waals surface area contributed by atoms with E-state index in [-0.39, 0.29) is 40.8 Å². The number of carboxylic acids is 2. The molecular weight excluding hydrogens is 348 g/mol. The summed E-state index contributed by atoms with van der Waals surface area (Å²) in [4.78, 5) is 38.3. The number of fused-ring (bicyclic) bond motifs is 1. The Hall–Kier alpha value is -3.69. The summed E-state index contributed by atoms with van der Waals surface area (Å²) in [6, 6.07) is 2.30. The van der Waals surface area contributed by atoms with Crippen molar-refractivity contribution in [2.45, 2.75) is 13.8 Å². The van der Waals surface area contributed by atoms with Gasteiger partial charge in [-0.2, -0.15) is 0 Å². The Morgan fingerprint density at radius 3 is 2.04 bits per heavy atom. The maximum Gasteiger partial charge on any atom is 0.338 e. The van der Waals surface area contributed by atoms with Gasteiger partial charge in [-0.15, -0.1) is 0 Å². The van der Waals surface area contributed by atoms with Crippen molar-refractivity contribution in [3.63, 3.8) is 0 Å². The maximum atomic E-state index is 11.8. The van der Waals surface area contributed by atoms with Crippen molar-refractivity contribution in [2.75, 3.05) is 6.79 Å². The Labute approximate surface area is 145 Å². The Morgan fingerprint density at radius 1 is 1.08 bits per heavy atom. The zero-order valence-corrected chi connectivity index (χ0v) is 13.6. The first-order valence-electron chi connectivity index (χ1n) is 7.28. The van der Waals surface area contributed by atoms with Gasteiger partial charge in [0.15, 0.2) is 11.5 Å². The molecule has 3 rings (SSSR count). The molecule has 0 bridgehead atoms. The lowest BCUT2D eigenvalue weighted by atomic mass is 9.91. The molecule has 2 heterocycles. The standard InChI is InChI=1S/C16H12N2O8/c1-6-12(15(19)20)14(13(16(21)22)7(2)17-6)8-3-10-11(26-5-25-10)4-9(8)18(23)24/h3-4H,5H2,1-2H3,(H,19,20)(H,21,22). The second-order valence-electron chi connectivity index (χ2n) is 5.50. The van der Waals surface area contributed by atoms with Gasteiger partial charge < -0.3 is 19.7 Å². The van der Waals surface area contributed by atoms with Gasteiger partial charge >= 0.3 is 11.9 Å². The van der Waals surface area contributed by atoms with E-state index in [1.807, 2.05) is 0 Å². The predicted molar refractivity (Wildman–Crippen MR) is 85.8 cm³/mol. The van der Waals surface area contributed by atoms with Gasteiger partial charge in [0.1, 0.15) is 0 Å². The largest absolute Gasteiger partial charge is 0.478 e. The summed E-state index contributed by atoms with van der Waals surface area (Å²) in [6.45, 7) is 2.64. The van der Waals surface area contributed by atoms with E-state index in [1.54, 1.807) is 0 Å². The zero-order valence-electron chi connectivity index (χ0n) is 13.6. The molecule has 10 heteroatoms. The first kappa shape index (κ1) is 17.1. The van der Waals surface area contributed by atoms with Gasteiger partial charge in [-0.25, -0.2) is 9.59 Å². The van der Waals surface area contributed by atoms with E-state index in [1.165, 1.54) is 19.9 Å². The highest BCUT2D eigenvalue weighted by Gasteiger charge is 2.32. The van der Waals surface area contributed by atoms with E-state index in [4.69, 9.17) is 9.47 Å². The molecule has 1 aliphatic rings. The molecule has 0 atom stereocenters. The normalized spacial score (nSPS) is 12.1. The Balaban J connectivity index is 2.49. The zero-order chi connectivity index (χ0) is 19.2. The molecule has 0 saturated carbocycles. The number of hydrogen-bond acceptors (Lipinski definition) is 7. The summed E-state index contributed by atoms with van der Waals surface area (Å²) in [5, 5.41) is 30.7. The van der Waals surface area contributed by atoms with Crippen molar-refractivity contribution in [3.8, 4) is 22.6 Å². The molecule has 0 aliphatic carbocycles. The van der Waals surface area contributed by atoms with E-state index in [0.717, 1.165) is 6.07 Å². The molecule has 1 aliphatic heterocycles. The molecule has 0 spiro atoms. The molecule has 1 aromatic heterocycles. The number of carbonyl (C=O) groups is 2. The molecule has 0 amide bonds. The fourth-order valence-corrected chi connectivity index (χ4v) is 2.93. The van der Waals surface area contributed by atoms with Gasteiger partial charge in [-0.1, -0.05) is 0 Å². The van der Waals surface area contributed by atoms with Crippen LogP contribution in [0.2, 0.25) is 0 Å². The molecule has 0 unspecified atom stereocenters. The first-order valence-corrected chi connectivity index (χ1v) is 7.28. The number of ether oxygens (including phenoxy) is 2. The highest BCUT2D eigenvalue weighted by Crippen LogP contribution is 2.44. The van der Waals surface area contributed by atoms with Gasteiger partial charge in [0.2, 0.25) is 6.79 Å². The summed E-state index contributed by atoms with van der Waals surface area (Å²) >= 11 is 0. The Bertz CT molecular complexity index is 945. The van der Waals surface area contributed by atoms with Crippen LogP contribution < -0.4 is 9.47 Å². The molecule has 0 saturated heterocycles. The molecular formula is C16H12N2O8. The minimum Gasteiger partial charge on any atom is -0.478 e. The molecule has 26 heavy (non-hydrogen) atoms. The summed E-state index contributed by atoms with van der Waals surface area (Å²) in [7, 11) is 0. The van der Waals surface area contributed by atoms with Crippen LogP contribution in [0.15, 0.2) is 12.1 Å². The molecule has 2 N–H and O–H groups in total. The highest BCUT2D eigenvalue weighted by atomic mass is 16.7. The number of carboxylic acid groups (broad SMARTS) is 2. The van der Waals surface area contributed by atoms with E-state index in [0.29, 0.717) is 0 Å². The van der Waals surface area contributed by atoms with Crippen LogP contribution >= 0.6 is 0 Å². The van der Waals surface area contributed by atoms with Gasteiger partial charge in [0.05, 0.1) is 39.1 Å². The second kappa shape index (κ2) is 5.99. The average Bonchev–Trinajstić information content (AvgIpc) is 2.99. The fourth-order valence-electron chi connectivity index (χ4n) is 2.93. The third-order valence-corrected chi connectivity index (χ3v) is 3.94. The number of aromatic nitrogens is 1. The molecule has 134 valence electrons. The monoisotopic (exact) mass is 360 g/mol. The fraction of sp³-hybridized carbons (Fsp3) is 0.188. The number of rotatable bonds is 4. The van der Waals surface area contributed by atoms with Gasteiger partial charge in [0, 0.05) is 5.56 Å². The van der Waals surface area contributed by atoms with E-state index >= 15 is 0 Å². The number of aryl methyl sites for hydroxylation is 2. The van der Waals surface area contributed by atoms with Crippen molar-refractivity contribution < 1.29 is 34.2 Å². The molecule has 0 fully saturated rings. The third-order valence-electron chi connectivity index (χ3n) is 3.94. The minimum atomic E-state index is -1.44. The third kappa shape index (κ3) is 2.57. The van der Waals surface area contributed by atoms with Gasteiger partial charge in [0.25, 0.3) is 5.69 Å². The summed E-state index contributed by atoms with van der Waals surface area (Å²) in [6.07, 6.45) is 0. The van der Waals surface area contributed by atoms with Crippen LogP contribution in [0.4, 0.5) is 5.69 Å². The molecule has 2 aromatic rings. The van der Waals surface area contributed by atoms with Crippen LogP contribution in [-0.4, -0.2) is 38.9 Å². The smallest absolute Gasteiger partial charge is 0.338 e. The van der Waals surface area contributed by atoms with Crippen LogP contribution in [0.3, 0.4) is 0 Å². The second-order valence-corrected chi connectivity index (χ2v) is 5.50. The van der Waals surface area contributed by atoms with Crippen LogP contribution in [0, 0.1) is 24.0 Å². The lowest BCUT2D eigenvalue weighted by Gasteiger charge is -2.15. The van der Waals surface area contributed by atoms with E-state index in [2.05, 4.69) is 4.98 Å². The lowest BCUT2D eigenvalue weighted by molar-refractivity contribution is -0.384. The van der Waals surface area contributed by atoms with E-state index < -0.39 is 33.7 Å². The molecule has 1 aromatic carbocycles.